The summed E-state index contributed by atoms with van der Waals surface area (Å²) in [6, 6.07) is 13.6. The number of halogens is 1. The number of aliphatic imine (C=N–C) groups is 1. The average molecular weight is 351 g/mol. The zero-order chi connectivity index (χ0) is 19.1. The number of rotatable bonds is 8. The molecule has 0 saturated heterocycles. The largest absolute Gasteiger partial charge is 0.402 e. The Kier molecular flexibility index (Phi) is 6.73. The van der Waals surface area contributed by atoms with Crippen LogP contribution in [0.15, 0.2) is 71.5 Å². The molecule has 26 heavy (non-hydrogen) atoms. The van der Waals surface area contributed by atoms with Crippen molar-refractivity contribution in [2.24, 2.45) is 10.7 Å². The van der Waals surface area contributed by atoms with E-state index in [1.54, 1.807) is 19.1 Å². The van der Waals surface area contributed by atoms with E-state index in [9.17, 15) is 4.39 Å². The van der Waals surface area contributed by atoms with Crippen LogP contribution >= 0.6 is 0 Å². The first-order valence-corrected chi connectivity index (χ1v) is 8.60. The molecule has 136 valence electrons. The number of hydrogen-bond acceptors (Lipinski definition) is 3. The van der Waals surface area contributed by atoms with Crippen molar-refractivity contribution in [3.05, 3.63) is 89.0 Å². The number of hydrogen-bond donors (Lipinski definition) is 2. The smallest absolute Gasteiger partial charge is 0.126 e. The number of nitrogens with one attached hydrogen (secondary N) is 1. The van der Waals surface area contributed by atoms with Gasteiger partial charge in [0.05, 0.1) is 11.7 Å². The van der Waals surface area contributed by atoms with Crippen molar-refractivity contribution in [1.82, 2.24) is 0 Å². The van der Waals surface area contributed by atoms with Gasteiger partial charge in [0.15, 0.2) is 0 Å². The molecule has 4 heteroatoms. The Morgan fingerprint density at radius 2 is 1.92 bits per heavy atom. The standard InChI is InChI=1S/C22H26FN3/c1-15-13-22(16(2)12-20(15)23)26-21(18-8-6-5-7-9-18)11-10-19(24)14-17(3)25-4/h5-9,12-14,21,26H,3-4,10-11,24H2,1-2H3/b19-14-. The molecule has 2 aromatic rings. The minimum absolute atomic E-state index is 0.0525. The summed E-state index contributed by atoms with van der Waals surface area (Å²) in [7, 11) is 0. The summed E-state index contributed by atoms with van der Waals surface area (Å²) in [6.45, 7) is 10.9. The maximum Gasteiger partial charge on any atom is 0.126 e. The van der Waals surface area contributed by atoms with E-state index < -0.39 is 0 Å². The van der Waals surface area contributed by atoms with E-state index in [0.29, 0.717) is 23.4 Å². The van der Waals surface area contributed by atoms with Gasteiger partial charge in [-0.15, -0.1) is 0 Å². The summed E-state index contributed by atoms with van der Waals surface area (Å²) < 4.78 is 13.8. The van der Waals surface area contributed by atoms with Crippen LogP contribution in [0.5, 0.6) is 0 Å². The van der Waals surface area contributed by atoms with E-state index >= 15 is 0 Å². The highest BCUT2D eigenvalue weighted by atomic mass is 19.1. The lowest BCUT2D eigenvalue weighted by molar-refractivity contribution is 0.617. The molecule has 3 N–H and O–H groups in total. The van der Waals surface area contributed by atoms with Gasteiger partial charge in [-0.25, -0.2) is 4.39 Å². The highest BCUT2D eigenvalue weighted by Gasteiger charge is 2.14. The van der Waals surface area contributed by atoms with Crippen LogP contribution in [0, 0.1) is 19.7 Å². The Hall–Kier alpha value is -2.88. The van der Waals surface area contributed by atoms with Crippen LogP contribution in [-0.4, -0.2) is 6.72 Å². The van der Waals surface area contributed by atoms with Crippen LogP contribution in [0.3, 0.4) is 0 Å². The highest BCUT2D eigenvalue weighted by molar-refractivity contribution is 5.54. The fourth-order valence-electron chi connectivity index (χ4n) is 2.77. The summed E-state index contributed by atoms with van der Waals surface area (Å²) in [5.74, 6) is -0.188. The monoisotopic (exact) mass is 351 g/mol. The van der Waals surface area contributed by atoms with E-state index in [1.807, 2.05) is 31.2 Å². The molecular formula is C22H26FN3. The summed E-state index contributed by atoms with van der Waals surface area (Å²) in [6.07, 6.45) is 3.20. The Morgan fingerprint density at radius 3 is 2.58 bits per heavy atom. The van der Waals surface area contributed by atoms with Gasteiger partial charge in [0.25, 0.3) is 0 Å². The maximum absolute atomic E-state index is 13.8. The number of allylic oxidation sites excluding steroid dienone is 2. The zero-order valence-corrected chi connectivity index (χ0v) is 15.4. The molecule has 0 aliphatic rings. The third kappa shape index (κ3) is 5.31. The SMILES string of the molecule is C=NC(=C)/C=C(\N)CCC(Nc1cc(C)c(F)cc1C)c1ccccc1. The molecular weight excluding hydrogens is 325 g/mol. The topological polar surface area (TPSA) is 50.4 Å². The van der Waals surface area contributed by atoms with Gasteiger partial charge < -0.3 is 11.1 Å². The molecule has 2 aromatic carbocycles. The van der Waals surface area contributed by atoms with E-state index in [2.05, 4.69) is 35.7 Å². The molecule has 0 fully saturated rings. The van der Waals surface area contributed by atoms with Gasteiger partial charge in [0.2, 0.25) is 0 Å². The van der Waals surface area contributed by atoms with Crippen LogP contribution in [0.2, 0.25) is 0 Å². The molecule has 1 unspecified atom stereocenters. The molecule has 0 bridgehead atoms. The van der Waals surface area contributed by atoms with Crippen LogP contribution in [0.25, 0.3) is 0 Å². The molecule has 2 rings (SSSR count). The highest BCUT2D eigenvalue weighted by Crippen LogP contribution is 2.28. The normalized spacial score (nSPS) is 12.5. The van der Waals surface area contributed by atoms with Crippen molar-refractivity contribution >= 4 is 12.4 Å². The molecule has 1 atom stereocenters. The molecule has 0 radical (unpaired) electrons. The second-order valence-corrected chi connectivity index (χ2v) is 6.43. The Morgan fingerprint density at radius 1 is 1.23 bits per heavy atom. The predicted molar refractivity (Wildman–Crippen MR) is 109 cm³/mol. The quantitative estimate of drug-likeness (QED) is 0.492. The predicted octanol–water partition coefficient (Wildman–Crippen LogP) is 5.43. The Labute approximate surface area is 155 Å². The van der Waals surface area contributed by atoms with E-state index in [0.717, 1.165) is 23.2 Å². The summed E-state index contributed by atoms with van der Waals surface area (Å²) in [5.41, 5.74) is 10.9. The van der Waals surface area contributed by atoms with Crippen LogP contribution in [-0.2, 0) is 0 Å². The Balaban J connectivity index is 2.23. The molecule has 0 amide bonds. The number of nitrogens with zero attached hydrogens (tertiary/aromatic N) is 1. The lowest BCUT2D eigenvalue weighted by Crippen LogP contribution is -2.13. The van der Waals surface area contributed by atoms with Gasteiger partial charge in [0, 0.05) is 11.4 Å². The molecule has 0 saturated carbocycles. The molecule has 0 aliphatic heterocycles. The molecule has 3 nitrogen and oxygen atoms in total. The van der Waals surface area contributed by atoms with Crippen molar-refractivity contribution in [1.29, 1.82) is 0 Å². The van der Waals surface area contributed by atoms with Gasteiger partial charge in [-0.3, -0.25) is 4.99 Å². The van der Waals surface area contributed by atoms with Gasteiger partial charge in [-0.2, -0.15) is 0 Å². The van der Waals surface area contributed by atoms with Crippen molar-refractivity contribution in [3.63, 3.8) is 0 Å². The van der Waals surface area contributed by atoms with Crippen LogP contribution < -0.4 is 11.1 Å². The second-order valence-electron chi connectivity index (χ2n) is 6.43. The first-order chi connectivity index (χ1) is 12.4. The second kappa shape index (κ2) is 8.99. The van der Waals surface area contributed by atoms with Crippen molar-refractivity contribution in [3.8, 4) is 0 Å². The van der Waals surface area contributed by atoms with Gasteiger partial charge >= 0.3 is 0 Å². The van der Waals surface area contributed by atoms with Gasteiger partial charge in [-0.1, -0.05) is 36.9 Å². The van der Waals surface area contributed by atoms with E-state index in [-0.39, 0.29) is 11.9 Å². The molecule has 0 aromatic heterocycles. The average Bonchev–Trinajstić information content (AvgIpc) is 2.63. The zero-order valence-electron chi connectivity index (χ0n) is 15.4. The first-order valence-electron chi connectivity index (χ1n) is 8.60. The fourth-order valence-corrected chi connectivity index (χ4v) is 2.77. The van der Waals surface area contributed by atoms with Gasteiger partial charge in [-0.05, 0) is 68.3 Å². The minimum atomic E-state index is -0.188. The number of anilines is 1. The van der Waals surface area contributed by atoms with Gasteiger partial charge in [0.1, 0.15) is 5.82 Å². The van der Waals surface area contributed by atoms with Crippen molar-refractivity contribution < 1.29 is 4.39 Å². The fraction of sp³-hybridized carbons (Fsp3) is 0.227. The minimum Gasteiger partial charge on any atom is -0.402 e. The third-order valence-corrected chi connectivity index (χ3v) is 4.31. The third-order valence-electron chi connectivity index (χ3n) is 4.31. The molecule has 0 heterocycles. The lowest BCUT2D eigenvalue weighted by atomic mass is 9.99. The summed E-state index contributed by atoms with van der Waals surface area (Å²) in [5, 5.41) is 3.55. The Bertz CT molecular complexity index is 810. The number of aryl methyl sites for hydroxylation is 2. The van der Waals surface area contributed by atoms with Crippen molar-refractivity contribution in [2.75, 3.05) is 5.32 Å². The van der Waals surface area contributed by atoms with Crippen molar-refractivity contribution in [2.45, 2.75) is 32.7 Å². The molecule has 0 aliphatic carbocycles. The van der Waals surface area contributed by atoms with E-state index in [4.69, 9.17) is 5.73 Å². The number of benzene rings is 2. The van der Waals surface area contributed by atoms with E-state index in [1.165, 1.54) is 0 Å². The number of nitrogens with two attached hydrogens (primary N) is 1. The maximum atomic E-state index is 13.8. The first kappa shape index (κ1) is 19.4. The summed E-state index contributed by atoms with van der Waals surface area (Å²) in [4.78, 5) is 3.76. The molecule has 0 spiro atoms. The van der Waals surface area contributed by atoms with Crippen LogP contribution in [0.4, 0.5) is 10.1 Å². The lowest BCUT2D eigenvalue weighted by Gasteiger charge is -2.22. The van der Waals surface area contributed by atoms with Crippen LogP contribution in [0.1, 0.15) is 35.6 Å². The summed E-state index contributed by atoms with van der Waals surface area (Å²) >= 11 is 0.